The molecule has 1 aliphatic carbocycles. The molecule has 2 aliphatic rings. The topological polar surface area (TPSA) is 98.1 Å². The number of carbonyl (C=O) groups excluding carboxylic acids is 1. The van der Waals surface area contributed by atoms with Gasteiger partial charge in [0.1, 0.15) is 23.5 Å². The van der Waals surface area contributed by atoms with Crippen molar-refractivity contribution in [2.24, 2.45) is 5.41 Å². The van der Waals surface area contributed by atoms with Gasteiger partial charge < -0.3 is 19.5 Å². The summed E-state index contributed by atoms with van der Waals surface area (Å²) in [5.74, 6) is 1.43. The maximum Gasteiger partial charge on any atom is 0.260 e. The molecule has 8 nitrogen and oxygen atoms in total. The second-order valence-electron chi connectivity index (χ2n) is 8.10. The van der Waals surface area contributed by atoms with E-state index in [1.807, 2.05) is 17.2 Å². The highest BCUT2D eigenvalue weighted by atomic mass is 16.5. The molecule has 1 saturated heterocycles. The summed E-state index contributed by atoms with van der Waals surface area (Å²) in [5, 5.41) is 10.0. The normalized spacial score (nSPS) is 17.6. The van der Waals surface area contributed by atoms with Gasteiger partial charge in [-0.1, -0.05) is 6.07 Å². The van der Waals surface area contributed by atoms with Gasteiger partial charge >= 0.3 is 0 Å². The molecule has 30 heavy (non-hydrogen) atoms. The monoisotopic (exact) mass is 402 g/mol. The van der Waals surface area contributed by atoms with E-state index in [1.54, 1.807) is 30.6 Å². The summed E-state index contributed by atoms with van der Waals surface area (Å²) in [6.07, 6.45) is 5.69. The minimum Gasteiger partial charge on any atom is -0.484 e. The van der Waals surface area contributed by atoms with Crippen LogP contribution in [0.15, 0.2) is 42.9 Å². The van der Waals surface area contributed by atoms with Crippen molar-refractivity contribution in [1.29, 1.82) is 5.26 Å². The smallest absolute Gasteiger partial charge is 0.260 e. The van der Waals surface area contributed by atoms with Crippen molar-refractivity contribution in [2.75, 3.05) is 37.7 Å². The van der Waals surface area contributed by atoms with E-state index in [-0.39, 0.29) is 17.9 Å². The number of fused-ring (bicyclic) bond motifs is 1. The molecule has 1 amide bonds. The minimum absolute atomic E-state index is 0.0273. The zero-order valence-corrected chi connectivity index (χ0v) is 16.5. The first-order valence-electron chi connectivity index (χ1n) is 10.1. The molecule has 0 bridgehead atoms. The first-order chi connectivity index (χ1) is 14.7. The van der Waals surface area contributed by atoms with Crippen LogP contribution in [-0.4, -0.2) is 58.5 Å². The third-order valence-corrected chi connectivity index (χ3v) is 5.96. The average molecular weight is 402 g/mol. The van der Waals surface area contributed by atoms with Crippen molar-refractivity contribution in [3.05, 3.63) is 48.4 Å². The molecule has 152 valence electrons. The molecule has 1 aliphatic heterocycles. The van der Waals surface area contributed by atoms with Crippen LogP contribution < -0.4 is 9.64 Å². The highest BCUT2D eigenvalue weighted by Crippen LogP contribution is 2.48. The molecule has 0 unspecified atom stereocenters. The molecular formula is C22H22N6O2. The summed E-state index contributed by atoms with van der Waals surface area (Å²) in [4.78, 5) is 29.1. The fraction of sp³-hybridized carbons (Fsp3) is 0.364. The van der Waals surface area contributed by atoms with Crippen LogP contribution in [0.3, 0.4) is 0 Å². The van der Waals surface area contributed by atoms with Gasteiger partial charge in [-0.2, -0.15) is 5.26 Å². The molecule has 8 heteroatoms. The maximum absolute atomic E-state index is 12.9. The number of rotatable bonds is 4. The van der Waals surface area contributed by atoms with Crippen LogP contribution in [0.25, 0.3) is 11.0 Å². The van der Waals surface area contributed by atoms with Crippen molar-refractivity contribution in [2.45, 2.75) is 12.8 Å². The van der Waals surface area contributed by atoms with Crippen molar-refractivity contribution in [3.8, 4) is 11.8 Å². The van der Waals surface area contributed by atoms with Crippen molar-refractivity contribution in [3.63, 3.8) is 0 Å². The zero-order chi connectivity index (χ0) is 20.6. The first kappa shape index (κ1) is 18.4. The molecule has 1 spiro atoms. The van der Waals surface area contributed by atoms with Crippen LogP contribution in [-0.2, 0) is 4.79 Å². The lowest BCUT2D eigenvalue weighted by molar-refractivity contribution is -0.133. The number of nitrogens with one attached hydrogen (secondary N) is 1. The maximum atomic E-state index is 12.9. The highest BCUT2D eigenvalue weighted by molar-refractivity contribution is 5.87. The van der Waals surface area contributed by atoms with E-state index >= 15 is 0 Å². The van der Waals surface area contributed by atoms with E-state index in [4.69, 9.17) is 10.00 Å². The number of aromatic amines is 1. The summed E-state index contributed by atoms with van der Waals surface area (Å²) >= 11 is 0. The Bertz CT molecular complexity index is 1130. The quantitative estimate of drug-likeness (QED) is 0.719. The summed E-state index contributed by atoms with van der Waals surface area (Å²) in [5.41, 5.74) is 1.47. The molecule has 1 N–H and O–H groups in total. The van der Waals surface area contributed by atoms with E-state index < -0.39 is 0 Å². The van der Waals surface area contributed by atoms with E-state index in [0.717, 1.165) is 42.8 Å². The number of amides is 1. The Morgan fingerprint density at radius 3 is 2.97 bits per heavy atom. The standard InChI is InChI=1S/C22H22N6O2/c23-11-16-2-1-3-17(10-16)30-12-19(29)27-8-9-28(14-22(13-27)5-6-22)21-18-4-7-24-20(18)25-15-26-21/h1-4,7,10,15H,5-6,8-9,12-14H2,(H,24,25,26). The predicted octanol–water partition coefficient (Wildman–Crippen LogP) is 2.34. The second kappa shape index (κ2) is 7.34. The number of carbonyl (C=O) groups is 1. The largest absolute Gasteiger partial charge is 0.484 e. The van der Waals surface area contributed by atoms with Gasteiger partial charge in [-0.3, -0.25) is 4.79 Å². The Hall–Kier alpha value is -3.60. The van der Waals surface area contributed by atoms with Crippen LogP contribution in [0.2, 0.25) is 0 Å². The molecule has 5 rings (SSSR count). The number of benzene rings is 1. The van der Waals surface area contributed by atoms with Gasteiger partial charge in [0.05, 0.1) is 17.0 Å². The molecular weight excluding hydrogens is 380 g/mol. The number of nitriles is 1. The van der Waals surface area contributed by atoms with E-state index in [0.29, 0.717) is 24.4 Å². The van der Waals surface area contributed by atoms with Gasteiger partial charge in [0, 0.05) is 37.8 Å². The summed E-state index contributed by atoms with van der Waals surface area (Å²) in [6, 6.07) is 11.0. The Labute approximate surface area is 174 Å². The lowest BCUT2D eigenvalue weighted by Crippen LogP contribution is -2.39. The Morgan fingerprint density at radius 2 is 2.13 bits per heavy atom. The van der Waals surface area contributed by atoms with Gasteiger partial charge in [-0.05, 0) is 37.1 Å². The zero-order valence-electron chi connectivity index (χ0n) is 16.5. The first-order valence-corrected chi connectivity index (χ1v) is 10.1. The summed E-state index contributed by atoms with van der Waals surface area (Å²) in [7, 11) is 0. The van der Waals surface area contributed by atoms with E-state index in [9.17, 15) is 4.79 Å². The molecule has 0 atom stereocenters. The third kappa shape index (κ3) is 3.54. The number of hydrogen-bond acceptors (Lipinski definition) is 6. The SMILES string of the molecule is N#Cc1cccc(OCC(=O)N2CCN(c3ncnc4[nH]ccc34)CC3(CC3)C2)c1. The highest BCUT2D eigenvalue weighted by Gasteiger charge is 2.48. The van der Waals surface area contributed by atoms with Crippen LogP contribution in [0.4, 0.5) is 5.82 Å². The van der Waals surface area contributed by atoms with Crippen LogP contribution in [0.1, 0.15) is 18.4 Å². The molecule has 2 fully saturated rings. The number of aromatic nitrogens is 3. The Balaban J connectivity index is 1.29. The fourth-order valence-corrected chi connectivity index (χ4v) is 4.15. The number of ether oxygens (including phenoxy) is 1. The van der Waals surface area contributed by atoms with Crippen molar-refractivity contribution >= 4 is 22.8 Å². The summed E-state index contributed by atoms with van der Waals surface area (Å²) in [6.45, 7) is 2.94. The van der Waals surface area contributed by atoms with E-state index in [2.05, 4.69) is 25.9 Å². The van der Waals surface area contributed by atoms with Crippen LogP contribution in [0.5, 0.6) is 5.75 Å². The molecule has 0 radical (unpaired) electrons. The van der Waals surface area contributed by atoms with Gasteiger partial charge in [0.15, 0.2) is 6.61 Å². The third-order valence-electron chi connectivity index (χ3n) is 5.96. The Morgan fingerprint density at radius 1 is 1.23 bits per heavy atom. The Kier molecular flexibility index (Phi) is 4.51. The van der Waals surface area contributed by atoms with Gasteiger partial charge in [-0.25, -0.2) is 9.97 Å². The molecule has 1 saturated carbocycles. The predicted molar refractivity (Wildman–Crippen MR) is 111 cm³/mol. The van der Waals surface area contributed by atoms with E-state index in [1.165, 1.54) is 0 Å². The van der Waals surface area contributed by atoms with Crippen molar-refractivity contribution in [1.82, 2.24) is 19.9 Å². The molecule has 3 aromatic rings. The lowest BCUT2D eigenvalue weighted by Gasteiger charge is -2.25. The second-order valence-corrected chi connectivity index (χ2v) is 8.10. The average Bonchev–Trinajstić information content (AvgIpc) is 3.42. The lowest BCUT2D eigenvalue weighted by atomic mass is 10.1. The molecule has 2 aromatic heterocycles. The van der Waals surface area contributed by atoms with Gasteiger partial charge in [0.25, 0.3) is 5.91 Å². The number of nitrogens with zero attached hydrogens (tertiary/aromatic N) is 5. The van der Waals surface area contributed by atoms with Crippen LogP contribution >= 0.6 is 0 Å². The fourth-order valence-electron chi connectivity index (χ4n) is 4.15. The van der Waals surface area contributed by atoms with Gasteiger partial charge in [0.2, 0.25) is 0 Å². The summed E-state index contributed by atoms with van der Waals surface area (Å²) < 4.78 is 5.67. The molecule has 3 heterocycles. The minimum atomic E-state index is -0.0278. The number of H-pyrrole nitrogens is 1. The molecule has 1 aromatic carbocycles. The number of anilines is 1. The van der Waals surface area contributed by atoms with Crippen LogP contribution in [0, 0.1) is 16.7 Å². The number of hydrogen-bond donors (Lipinski definition) is 1. The van der Waals surface area contributed by atoms with Gasteiger partial charge in [-0.15, -0.1) is 0 Å². The van der Waals surface area contributed by atoms with Crippen molar-refractivity contribution < 1.29 is 9.53 Å².